The molecule has 0 spiro atoms. The van der Waals surface area contributed by atoms with E-state index in [1.54, 1.807) is 0 Å². The molecule has 1 aromatic heterocycles. The monoisotopic (exact) mass is 293 g/mol. The Balaban J connectivity index is 1.75. The molecule has 0 atom stereocenters. The molecule has 0 radical (unpaired) electrons. The summed E-state index contributed by atoms with van der Waals surface area (Å²) in [6.07, 6.45) is 0.362. The number of carbonyl (C=O) groups is 1. The predicted octanol–water partition coefficient (Wildman–Crippen LogP) is 4.54. The summed E-state index contributed by atoms with van der Waals surface area (Å²) in [7, 11) is 0. The highest BCUT2D eigenvalue weighted by atomic mass is 32.1. The number of ketones is 1. The van der Waals surface area contributed by atoms with Crippen LogP contribution in [0.25, 0.3) is 11.3 Å². The number of nitrogens with zero attached hydrogens (tertiary/aromatic N) is 1. The van der Waals surface area contributed by atoms with Crippen molar-refractivity contribution in [2.24, 2.45) is 0 Å². The van der Waals surface area contributed by atoms with Crippen molar-refractivity contribution in [1.29, 1.82) is 0 Å². The zero-order valence-electron chi connectivity index (χ0n) is 11.7. The van der Waals surface area contributed by atoms with Crippen molar-refractivity contribution in [2.75, 3.05) is 0 Å². The van der Waals surface area contributed by atoms with Crippen LogP contribution in [-0.2, 0) is 6.42 Å². The van der Waals surface area contributed by atoms with Crippen LogP contribution in [0.4, 0.5) is 0 Å². The van der Waals surface area contributed by atoms with E-state index in [1.807, 2.05) is 66.9 Å². The van der Waals surface area contributed by atoms with Gasteiger partial charge in [0.15, 0.2) is 5.78 Å². The molecule has 3 aromatic rings. The van der Waals surface area contributed by atoms with Gasteiger partial charge in [0.05, 0.1) is 12.1 Å². The van der Waals surface area contributed by atoms with Crippen molar-refractivity contribution in [3.05, 3.63) is 76.1 Å². The third-order valence-corrected chi connectivity index (χ3v) is 4.16. The molecule has 0 N–H and O–H groups in total. The molecule has 0 bridgehead atoms. The summed E-state index contributed by atoms with van der Waals surface area (Å²) >= 11 is 1.54. The third-order valence-electron chi connectivity index (χ3n) is 3.31. The summed E-state index contributed by atoms with van der Waals surface area (Å²) in [4.78, 5) is 16.8. The molecule has 1 heterocycles. The second-order valence-corrected chi connectivity index (χ2v) is 5.90. The number of aromatic nitrogens is 1. The number of benzene rings is 2. The van der Waals surface area contributed by atoms with Crippen LogP contribution in [-0.4, -0.2) is 10.8 Å². The first kappa shape index (κ1) is 13.7. The fraction of sp³-hybridized carbons (Fsp3) is 0.111. The summed E-state index contributed by atoms with van der Waals surface area (Å²) in [5, 5.41) is 2.87. The molecule has 3 rings (SSSR count). The average Bonchev–Trinajstić information content (AvgIpc) is 2.97. The first-order valence-electron chi connectivity index (χ1n) is 6.82. The molecule has 2 nitrogen and oxygen atoms in total. The predicted molar refractivity (Wildman–Crippen MR) is 86.8 cm³/mol. The van der Waals surface area contributed by atoms with Gasteiger partial charge in [-0.25, -0.2) is 4.98 Å². The zero-order chi connectivity index (χ0) is 14.7. The van der Waals surface area contributed by atoms with Crippen molar-refractivity contribution in [3.63, 3.8) is 0 Å². The van der Waals surface area contributed by atoms with Gasteiger partial charge in [-0.1, -0.05) is 60.2 Å². The van der Waals surface area contributed by atoms with Crippen LogP contribution in [0.5, 0.6) is 0 Å². The van der Waals surface area contributed by atoms with Crippen molar-refractivity contribution < 1.29 is 4.79 Å². The smallest absolute Gasteiger partial charge is 0.169 e. The van der Waals surface area contributed by atoms with E-state index in [-0.39, 0.29) is 5.78 Å². The number of hydrogen-bond donors (Lipinski definition) is 0. The van der Waals surface area contributed by atoms with Crippen LogP contribution in [0.2, 0.25) is 0 Å². The molecule has 104 valence electrons. The van der Waals surface area contributed by atoms with Gasteiger partial charge < -0.3 is 0 Å². The molecule has 0 aliphatic heterocycles. The fourth-order valence-corrected chi connectivity index (χ4v) is 2.91. The lowest BCUT2D eigenvalue weighted by Gasteiger charge is -1.99. The second kappa shape index (κ2) is 6.02. The molecule has 21 heavy (non-hydrogen) atoms. The Labute approximate surface area is 128 Å². The van der Waals surface area contributed by atoms with E-state index >= 15 is 0 Å². The average molecular weight is 293 g/mol. The van der Waals surface area contributed by atoms with Gasteiger partial charge in [-0.05, 0) is 6.92 Å². The van der Waals surface area contributed by atoms with Crippen LogP contribution in [0.15, 0.2) is 60.0 Å². The molecule has 0 amide bonds. The number of thiazole rings is 1. The Morgan fingerprint density at radius 1 is 1.05 bits per heavy atom. The van der Waals surface area contributed by atoms with Gasteiger partial charge in [0.25, 0.3) is 0 Å². The minimum absolute atomic E-state index is 0.115. The van der Waals surface area contributed by atoms with E-state index in [0.29, 0.717) is 6.42 Å². The maximum atomic E-state index is 12.2. The van der Waals surface area contributed by atoms with Crippen molar-refractivity contribution in [1.82, 2.24) is 4.98 Å². The Hall–Kier alpha value is -2.26. The largest absolute Gasteiger partial charge is 0.294 e. The van der Waals surface area contributed by atoms with E-state index < -0.39 is 0 Å². The minimum Gasteiger partial charge on any atom is -0.294 e. The van der Waals surface area contributed by atoms with E-state index in [4.69, 9.17) is 0 Å². The van der Waals surface area contributed by atoms with Crippen LogP contribution in [0.3, 0.4) is 0 Å². The summed E-state index contributed by atoms with van der Waals surface area (Å²) in [5.74, 6) is 0.115. The number of rotatable bonds is 4. The molecule has 0 aliphatic rings. The quantitative estimate of drug-likeness (QED) is 0.661. The highest BCUT2D eigenvalue weighted by Crippen LogP contribution is 2.22. The fourth-order valence-electron chi connectivity index (χ4n) is 2.11. The Kier molecular flexibility index (Phi) is 3.93. The van der Waals surface area contributed by atoms with E-state index in [2.05, 4.69) is 4.98 Å². The minimum atomic E-state index is 0.115. The lowest BCUT2D eigenvalue weighted by molar-refractivity contribution is 0.0993. The molecule has 2 aromatic carbocycles. The number of aryl methyl sites for hydroxylation is 1. The Morgan fingerprint density at radius 2 is 1.76 bits per heavy atom. The standard InChI is InChI=1S/C18H15NOS/c1-13-7-9-15(10-8-13)17(20)11-18-19-16(12-21-18)14-5-3-2-4-6-14/h2-10,12H,11H2,1H3. The molecule has 0 saturated heterocycles. The van der Waals surface area contributed by atoms with Crippen LogP contribution < -0.4 is 0 Å². The van der Waals surface area contributed by atoms with Gasteiger partial charge >= 0.3 is 0 Å². The SMILES string of the molecule is Cc1ccc(C(=O)Cc2nc(-c3ccccc3)cs2)cc1. The molecule has 3 heteroatoms. The molecular formula is C18H15NOS. The van der Waals surface area contributed by atoms with Gasteiger partial charge in [-0.2, -0.15) is 0 Å². The molecular weight excluding hydrogens is 278 g/mol. The van der Waals surface area contributed by atoms with E-state index in [1.165, 1.54) is 11.3 Å². The number of Topliss-reactive ketones (excluding diaryl/α,β-unsaturated/α-hetero) is 1. The second-order valence-electron chi connectivity index (χ2n) is 4.96. The number of hydrogen-bond acceptors (Lipinski definition) is 3. The Morgan fingerprint density at radius 3 is 2.48 bits per heavy atom. The van der Waals surface area contributed by atoms with Crippen molar-refractivity contribution in [3.8, 4) is 11.3 Å². The Bertz CT molecular complexity index is 744. The first-order valence-corrected chi connectivity index (χ1v) is 7.70. The molecule has 0 saturated carbocycles. The highest BCUT2D eigenvalue weighted by Gasteiger charge is 2.11. The molecule has 0 unspecified atom stereocenters. The topological polar surface area (TPSA) is 30.0 Å². The summed E-state index contributed by atoms with van der Waals surface area (Å²) in [5.41, 5.74) is 3.93. The van der Waals surface area contributed by atoms with Gasteiger partial charge in [0.2, 0.25) is 0 Å². The van der Waals surface area contributed by atoms with Crippen molar-refractivity contribution in [2.45, 2.75) is 13.3 Å². The van der Waals surface area contributed by atoms with E-state index in [0.717, 1.165) is 27.4 Å². The third kappa shape index (κ3) is 3.26. The lowest BCUT2D eigenvalue weighted by Crippen LogP contribution is -2.03. The van der Waals surface area contributed by atoms with Crippen molar-refractivity contribution >= 4 is 17.1 Å². The highest BCUT2D eigenvalue weighted by molar-refractivity contribution is 7.10. The summed E-state index contributed by atoms with van der Waals surface area (Å²) in [6, 6.07) is 17.7. The lowest BCUT2D eigenvalue weighted by atomic mass is 10.1. The molecule has 0 aliphatic carbocycles. The van der Waals surface area contributed by atoms with E-state index in [9.17, 15) is 4.79 Å². The van der Waals surface area contributed by atoms with Gasteiger partial charge in [-0.3, -0.25) is 4.79 Å². The van der Waals surface area contributed by atoms with Crippen LogP contribution in [0.1, 0.15) is 20.9 Å². The van der Waals surface area contributed by atoms with Crippen LogP contribution in [0, 0.1) is 6.92 Å². The normalized spacial score (nSPS) is 10.5. The van der Waals surface area contributed by atoms with Crippen LogP contribution >= 0.6 is 11.3 Å². The first-order chi connectivity index (χ1) is 10.2. The maximum Gasteiger partial charge on any atom is 0.169 e. The van der Waals surface area contributed by atoms with Gasteiger partial charge in [0, 0.05) is 16.5 Å². The van der Waals surface area contributed by atoms with Gasteiger partial charge in [-0.15, -0.1) is 11.3 Å². The molecule has 0 fully saturated rings. The van der Waals surface area contributed by atoms with Gasteiger partial charge in [0.1, 0.15) is 5.01 Å². The number of carbonyl (C=O) groups excluding carboxylic acids is 1. The summed E-state index contributed by atoms with van der Waals surface area (Å²) < 4.78 is 0. The zero-order valence-corrected chi connectivity index (χ0v) is 12.6. The summed E-state index contributed by atoms with van der Waals surface area (Å²) in [6.45, 7) is 2.02. The maximum absolute atomic E-state index is 12.2.